The Morgan fingerprint density at radius 1 is 1.09 bits per heavy atom. The molecule has 0 atom stereocenters. The molecule has 2 aromatic rings. The summed E-state index contributed by atoms with van der Waals surface area (Å²) in [6.07, 6.45) is 1.91. The molecule has 0 bridgehead atoms. The van der Waals surface area contributed by atoms with Crippen molar-refractivity contribution in [1.82, 2.24) is 0 Å². The molecule has 2 rings (SSSR count). The summed E-state index contributed by atoms with van der Waals surface area (Å²) in [5.41, 5.74) is 7.79. The van der Waals surface area contributed by atoms with E-state index < -0.39 is 0 Å². The van der Waals surface area contributed by atoms with Gasteiger partial charge in [0.1, 0.15) is 11.5 Å². The van der Waals surface area contributed by atoms with E-state index in [9.17, 15) is 0 Å². The lowest BCUT2D eigenvalue weighted by atomic mass is 10.3. The Hall–Kier alpha value is -1.43. The summed E-state index contributed by atoms with van der Waals surface area (Å²) in [6.45, 7) is 4.65. The second-order valence-corrected chi connectivity index (χ2v) is 5.65. The van der Waals surface area contributed by atoms with Crippen molar-refractivity contribution >= 4 is 29.4 Å². The first-order valence-electron chi connectivity index (χ1n) is 7.53. The zero-order valence-corrected chi connectivity index (χ0v) is 15.0. The zero-order chi connectivity index (χ0) is 15.6. The maximum atomic E-state index is 5.94. The molecule has 0 aliphatic rings. The highest BCUT2D eigenvalue weighted by Gasteiger charge is 2.02. The minimum atomic E-state index is 0. The van der Waals surface area contributed by atoms with Crippen molar-refractivity contribution in [3.8, 4) is 11.5 Å². The third-order valence-corrected chi connectivity index (χ3v) is 3.81. The minimum Gasteiger partial charge on any atom is -0.494 e. The highest BCUT2D eigenvalue weighted by Crippen LogP contribution is 2.26. The van der Waals surface area contributed by atoms with Crippen LogP contribution in [0.15, 0.2) is 35.0 Å². The van der Waals surface area contributed by atoms with Crippen LogP contribution in [-0.2, 0) is 11.3 Å². The van der Waals surface area contributed by atoms with Crippen molar-refractivity contribution in [2.24, 2.45) is 0 Å². The molecule has 0 unspecified atom stereocenters. The van der Waals surface area contributed by atoms with Gasteiger partial charge in [0, 0.05) is 12.7 Å². The summed E-state index contributed by atoms with van der Waals surface area (Å²) < 4.78 is 16.7. The first kappa shape index (κ1) is 19.6. The largest absolute Gasteiger partial charge is 0.494 e. The first-order chi connectivity index (χ1) is 10.8. The molecule has 0 saturated carbocycles. The Labute approximate surface area is 148 Å². The number of anilines is 1. The third-order valence-electron chi connectivity index (χ3n) is 3.08. The lowest BCUT2D eigenvalue weighted by Gasteiger charge is -2.10. The number of ether oxygens (including phenoxy) is 3. The van der Waals surface area contributed by atoms with Crippen LogP contribution in [0.2, 0.25) is 0 Å². The molecule has 1 heterocycles. The van der Waals surface area contributed by atoms with Gasteiger partial charge in [0.15, 0.2) is 0 Å². The van der Waals surface area contributed by atoms with Crippen molar-refractivity contribution in [1.29, 1.82) is 0 Å². The maximum Gasteiger partial charge on any atom is 0.142 e. The predicted octanol–water partition coefficient (Wildman–Crippen LogP) is 4.53. The van der Waals surface area contributed by atoms with Crippen LogP contribution in [-0.4, -0.2) is 19.8 Å². The predicted molar refractivity (Wildman–Crippen MR) is 98.0 cm³/mol. The first-order valence-corrected chi connectivity index (χ1v) is 8.48. The van der Waals surface area contributed by atoms with Crippen LogP contribution >= 0.6 is 23.7 Å². The Kier molecular flexibility index (Phi) is 9.52. The highest BCUT2D eigenvalue weighted by atomic mass is 35.5. The molecule has 6 heteroatoms. The van der Waals surface area contributed by atoms with Gasteiger partial charge in [0.05, 0.1) is 25.5 Å². The summed E-state index contributed by atoms with van der Waals surface area (Å²) in [5.74, 6) is 1.48. The molecule has 23 heavy (non-hydrogen) atoms. The average Bonchev–Trinajstić information content (AvgIpc) is 3.02. The SMILES string of the molecule is CCOc1ccc(OCCCCOCc2ccsc2)c(N)c1.Cl. The topological polar surface area (TPSA) is 53.7 Å². The molecule has 2 N–H and O–H groups in total. The van der Waals surface area contributed by atoms with E-state index in [1.807, 2.05) is 19.1 Å². The Morgan fingerprint density at radius 3 is 2.61 bits per heavy atom. The van der Waals surface area contributed by atoms with Crippen molar-refractivity contribution < 1.29 is 14.2 Å². The van der Waals surface area contributed by atoms with Gasteiger partial charge in [0.2, 0.25) is 0 Å². The Balaban J connectivity index is 0.00000264. The number of halogens is 1. The molecule has 0 amide bonds. The van der Waals surface area contributed by atoms with Gasteiger partial charge in [-0.1, -0.05) is 0 Å². The second kappa shape index (κ2) is 11.2. The molecular formula is C17H24ClNO3S. The molecule has 4 nitrogen and oxygen atoms in total. The van der Waals surface area contributed by atoms with Crippen LogP contribution in [0.4, 0.5) is 5.69 Å². The van der Waals surface area contributed by atoms with E-state index in [-0.39, 0.29) is 12.4 Å². The molecule has 0 aliphatic heterocycles. The van der Waals surface area contributed by atoms with Crippen LogP contribution in [0.3, 0.4) is 0 Å². The normalized spacial score (nSPS) is 10.1. The van der Waals surface area contributed by atoms with Crippen molar-refractivity contribution in [2.75, 3.05) is 25.6 Å². The fourth-order valence-corrected chi connectivity index (χ4v) is 2.62. The van der Waals surface area contributed by atoms with Crippen LogP contribution in [0.25, 0.3) is 0 Å². The number of rotatable bonds is 10. The molecule has 0 radical (unpaired) electrons. The summed E-state index contributed by atoms with van der Waals surface area (Å²) in [6, 6.07) is 7.61. The Bertz CT molecular complexity index is 549. The third kappa shape index (κ3) is 7.12. The van der Waals surface area contributed by atoms with Gasteiger partial charge in [-0.25, -0.2) is 0 Å². The lowest BCUT2D eigenvalue weighted by Crippen LogP contribution is -2.03. The maximum absolute atomic E-state index is 5.94. The number of benzene rings is 1. The molecule has 0 spiro atoms. The summed E-state index contributed by atoms with van der Waals surface area (Å²) in [4.78, 5) is 0. The van der Waals surface area contributed by atoms with Crippen molar-refractivity contribution in [3.05, 3.63) is 40.6 Å². The van der Waals surface area contributed by atoms with Crippen LogP contribution < -0.4 is 15.2 Å². The fourth-order valence-electron chi connectivity index (χ4n) is 1.97. The van der Waals surface area contributed by atoms with Gasteiger partial charge in [-0.3, -0.25) is 0 Å². The van der Waals surface area contributed by atoms with Gasteiger partial charge < -0.3 is 19.9 Å². The van der Waals surface area contributed by atoms with Crippen molar-refractivity contribution in [2.45, 2.75) is 26.4 Å². The van der Waals surface area contributed by atoms with E-state index in [4.69, 9.17) is 19.9 Å². The van der Waals surface area contributed by atoms with Gasteiger partial charge in [-0.2, -0.15) is 11.3 Å². The highest BCUT2D eigenvalue weighted by molar-refractivity contribution is 7.07. The molecule has 0 aliphatic carbocycles. The van der Waals surface area contributed by atoms with E-state index in [0.717, 1.165) is 25.2 Å². The molecule has 0 saturated heterocycles. The second-order valence-electron chi connectivity index (χ2n) is 4.87. The van der Waals surface area contributed by atoms with E-state index in [1.54, 1.807) is 17.4 Å². The quantitative estimate of drug-likeness (QED) is 0.501. The van der Waals surface area contributed by atoms with Crippen LogP contribution in [0, 0.1) is 0 Å². The number of nitrogen functional groups attached to an aromatic ring is 1. The lowest BCUT2D eigenvalue weighted by molar-refractivity contribution is 0.114. The summed E-state index contributed by atoms with van der Waals surface area (Å²) >= 11 is 1.69. The summed E-state index contributed by atoms with van der Waals surface area (Å²) in [7, 11) is 0. The molecule has 0 fully saturated rings. The number of nitrogens with two attached hydrogens (primary N) is 1. The molecule has 128 valence electrons. The minimum absolute atomic E-state index is 0. The number of unbranched alkanes of at least 4 members (excludes halogenated alkanes) is 1. The van der Waals surface area contributed by atoms with Crippen molar-refractivity contribution in [3.63, 3.8) is 0 Å². The fraction of sp³-hybridized carbons (Fsp3) is 0.412. The molecule has 1 aromatic carbocycles. The zero-order valence-electron chi connectivity index (χ0n) is 13.3. The van der Waals surface area contributed by atoms with Gasteiger partial charge in [0.25, 0.3) is 0 Å². The van der Waals surface area contributed by atoms with E-state index in [1.165, 1.54) is 5.56 Å². The number of hydrogen-bond acceptors (Lipinski definition) is 5. The van der Waals surface area contributed by atoms with Gasteiger partial charge in [-0.15, -0.1) is 12.4 Å². The van der Waals surface area contributed by atoms with Gasteiger partial charge >= 0.3 is 0 Å². The average molecular weight is 358 g/mol. The Morgan fingerprint density at radius 2 is 1.91 bits per heavy atom. The van der Waals surface area contributed by atoms with Gasteiger partial charge in [-0.05, 0) is 54.3 Å². The summed E-state index contributed by atoms with van der Waals surface area (Å²) in [5, 5.41) is 4.17. The monoisotopic (exact) mass is 357 g/mol. The van der Waals surface area contributed by atoms with E-state index >= 15 is 0 Å². The van der Waals surface area contributed by atoms with E-state index in [0.29, 0.717) is 31.3 Å². The van der Waals surface area contributed by atoms with Crippen LogP contribution in [0.5, 0.6) is 11.5 Å². The standard InChI is InChI=1S/C17H23NO3S.ClH/c1-2-20-15-5-6-17(16(18)11-15)21-9-4-3-8-19-12-14-7-10-22-13-14;/h5-7,10-11,13H,2-4,8-9,12,18H2,1H3;1H. The smallest absolute Gasteiger partial charge is 0.142 e. The van der Waals surface area contributed by atoms with E-state index in [2.05, 4.69) is 16.8 Å². The number of hydrogen-bond donors (Lipinski definition) is 1. The number of thiophene rings is 1. The molecule has 1 aromatic heterocycles. The molecular weight excluding hydrogens is 334 g/mol. The van der Waals surface area contributed by atoms with Crippen LogP contribution in [0.1, 0.15) is 25.3 Å².